The van der Waals surface area contributed by atoms with Gasteiger partial charge in [0.1, 0.15) is 6.61 Å². The van der Waals surface area contributed by atoms with Crippen molar-refractivity contribution in [2.24, 2.45) is 11.7 Å². The molecule has 2 N–H and O–H groups in total. The van der Waals surface area contributed by atoms with E-state index in [2.05, 4.69) is 6.92 Å². The second-order valence-corrected chi connectivity index (χ2v) is 5.05. The fourth-order valence-corrected chi connectivity index (χ4v) is 2.36. The highest BCUT2D eigenvalue weighted by molar-refractivity contribution is 5.67. The molecule has 0 spiro atoms. The number of nitrogens with two attached hydrogens (primary N) is 1. The summed E-state index contributed by atoms with van der Waals surface area (Å²) in [6, 6.07) is 9.76. The lowest BCUT2D eigenvalue weighted by atomic mass is 9.97. The van der Waals surface area contributed by atoms with E-state index in [0.29, 0.717) is 19.1 Å². The van der Waals surface area contributed by atoms with Crippen LogP contribution in [0.25, 0.3) is 0 Å². The smallest absolute Gasteiger partial charge is 0.410 e. The van der Waals surface area contributed by atoms with Crippen LogP contribution in [-0.4, -0.2) is 30.1 Å². The van der Waals surface area contributed by atoms with Gasteiger partial charge in [-0.3, -0.25) is 0 Å². The SMILES string of the molecule is C[C@H]1C[C@@H](N)CN(C(=O)OCc2ccccc2)C1. The van der Waals surface area contributed by atoms with E-state index in [1.54, 1.807) is 4.90 Å². The van der Waals surface area contributed by atoms with Gasteiger partial charge >= 0.3 is 6.09 Å². The van der Waals surface area contributed by atoms with Gasteiger partial charge in [0.25, 0.3) is 0 Å². The Kier molecular flexibility index (Phi) is 4.20. The molecule has 1 saturated heterocycles. The highest BCUT2D eigenvalue weighted by atomic mass is 16.6. The Labute approximate surface area is 108 Å². The second kappa shape index (κ2) is 5.87. The third kappa shape index (κ3) is 3.47. The Morgan fingerprint density at radius 2 is 2.11 bits per heavy atom. The summed E-state index contributed by atoms with van der Waals surface area (Å²) in [4.78, 5) is 13.6. The molecule has 0 aliphatic carbocycles. The molecule has 0 unspecified atom stereocenters. The molecule has 1 heterocycles. The van der Waals surface area contributed by atoms with Gasteiger partial charge in [0.05, 0.1) is 0 Å². The first-order valence-corrected chi connectivity index (χ1v) is 6.36. The van der Waals surface area contributed by atoms with Gasteiger partial charge < -0.3 is 15.4 Å². The first-order chi connectivity index (χ1) is 8.65. The normalized spacial score (nSPS) is 23.8. The number of likely N-dealkylation sites (tertiary alicyclic amines) is 1. The number of piperidine rings is 1. The van der Waals surface area contributed by atoms with Gasteiger partial charge in [0, 0.05) is 19.1 Å². The van der Waals surface area contributed by atoms with Crippen molar-refractivity contribution in [2.45, 2.75) is 26.0 Å². The van der Waals surface area contributed by atoms with Crippen molar-refractivity contribution in [3.8, 4) is 0 Å². The van der Waals surface area contributed by atoms with Crippen LogP contribution in [0.1, 0.15) is 18.9 Å². The molecule has 98 valence electrons. The van der Waals surface area contributed by atoms with Crippen LogP contribution in [0.2, 0.25) is 0 Å². The predicted molar refractivity (Wildman–Crippen MR) is 70.0 cm³/mol. The average Bonchev–Trinajstić information content (AvgIpc) is 2.36. The van der Waals surface area contributed by atoms with Crippen molar-refractivity contribution in [3.63, 3.8) is 0 Å². The van der Waals surface area contributed by atoms with Crippen LogP contribution in [0.3, 0.4) is 0 Å². The maximum absolute atomic E-state index is 11.9. The van der Waals surface area contributed by atoms with E-state index in [-0.39, 0.29) is 12.1 Å². The number of rotatable bonds is 2. The van der Waals surface area contributed by atoms with E-state index in [9.17, 15) is 4.79 Å². The molecule has 1 amide bonds. The summed E-state index contributed by atoms with van der Waals surface area (Å²) in [5.41, 5.74) is 6.91. The van der Waals surface area contributed by atoms with Crippen molar-refractivity contribution in [2.75, 3.05) is 13.1 Å². The highest BCUT2D eigenvalue weighted by Gasteiger charge is 2.26. The maximum Gasteiger partial charge on any atom is 0.410 e. The second-order valence-electron chi connectivity index (χ2n) is 5.05. The first-order valence-electron chi connectivity index (χ1n) is 6.36. The number of hydrogen-bond donors (Lipinski definition) is 1. The average molecular weight is 248 g/mol. The fourth-order valence-electron chi connectivity index (χ4n) is 2.36. The van der Waals surface area contributed by atoms with Gasteiger partial charge in [-0.05, 0) is 17.9 Å². The molecule has 0 bridgehead atoms. The molecule has 1 aliphatic heterocycles. The van der Waals surface area contributed by atoms with Crippen molar-refractivity contribution in [1.29, 1.82) is 0 Å². The van der Waals surface area contributed by atoms with Crippen LogP contribution in [0, 0.1) is 5.92 Å². The number of benzene rings is 1. The molecule has 18 heavy (non-hydrogen) atoms. The first kappa shape index (κ1) is 12.9. The molecule has 1 fully saturated rings. The quantitative estimate of drug-likeness (QED) is 0.870. The van der Waals surface area contributed by atoms with Crippen LogP contribution in [0.4, 0.5) is 4.79 Å². The molecule has 1 aromatic carbocycles. The molecule has 0 radical (unpaired) electrons. The molecule has 4 nitrogen and oxygen atoms in total. The monoisotopic (exact) mass is 248 g/mol. The van der Waals surface area contributed by atoms with Gasteiger partial charge in [-0.1, -0.05) is 37.3 Å². The Morgan fingerprint density at radius 1 is 1.39 bits per heavy atom. The standard InChI is InChI=1S/C14H20N2O2/c1-11-7-13(15)9-16(8-11)14(17)18-10-12-5-3-2-4-6-12/h2-6,11,13H,7-10,15H2,1H3/t11-,13+/m0/s1. The maximum atomic E-state index is 11.9. The van der Waals surface area contributed by atoms with Crippen LogP contribution < -0.4 is 5.73 Å². The van der Waals surface area contributed by atoms with E-state index >= 15 is 0 Å². The lowest BCUT2D eigenvalue weighted by Gasteiger charge is -2.33. The summed E-state index contributed by atoms with van der Waals surface area (Å²) < 4.78 is 5.30. The predicted octanol–water partition coefficient (Wildman–Crippen LogP) is 1.99. The summed E-state index contributed by atoms with van der Waals surface area (Å²) in [7, 11) is 0. The Bertz CT molecular complexity index is 384. The lowest BCUT2D eigenvalue weighted by molar-refractivity contribution is 0.0767. The summed E-state index contributed by atoms with van der Waals surface area (Å²) in [6.45, 7) is 3.76. The summed E-state index contributed by atoms with van der Waals surface area (Å²) in [6.07, 6.45) is 0.712. The van der Waals surface area contributed by atoms with Crippen molar-refractivity contribution in [3.05, 3.63) is 35.9 Å². The number of nitrogens with zero attached hydrogens (tertiary/aromatic N) is 1. The Hall–Kier alpha value is -1.55. The zero-order chi connectivity index (χ0) is 13.0. The minimum absolute atomic E-state index is 0.0676. The molecule has 1 aromatic rings. The minimum atomic E-state index is -0.263. The highest BCUT2D eigenvalue weighted by Crippen LogP contribution is 2.16. The zero-order valence-electron chi connectivity index (χ0n) is 10.7. The number of carbonyl (C=O) groups excluding carboxylic acids is 1. The van der Waals surface area contributed by atoms with Crippen molar-refractivity contribution in [1.82, 2.24) is 4.90 Å². The van der Waals surface area contributed by atoms with Crippen molar-refractivity contribution >= 4 is 6.09 Å². The van der Waals surface area contributed by atoms with Gasteiger partial charge in [-0.15, -0.1) is 0 Å². The Balaban J connectivity index is 1.84. The minimum Gasteiger partial charge on any atom is -0.445 e. The van der Waals surface area contributed by atoms with Gasteiger partial charge in [-0.25, -0.2) is 4.79 Å². The van der Waals surface area contributed by atoms with Crippen molar-refractivity contribution < 1.29 is 9.53 Å². The summed E-state index contributed by atoms with van der Waals surface area (Å²) >= 11 is 0. The number of hydrogen-bond acceptors (Lipinski definition) is 3. The Morgan fingerprint density at radius 3 is 2.78 bits per heavy atom. The lowest BCUT2D eigenvalue weighted by Crippen LogP contribution is -2.48. The van der Waals surface area contributed by atoms with E-state index in [0.717, 1.165) is 18.5 Å². The molecular formula is C14H20N2O2. The molecule has 2 rings (SSSR count). The molecule has 1 aliphatic rings. The summed E-state index contributed by atoms with van der Waals surface area (Å²) in [5.74, 6) is 0.443. The number of carbonyl (C=O) groups is 1. The third-order valence-electron chi connectivity index (χ3n) is 3.16. The molecule has 4 heteroatoms. The van der Waals surface area contributed by atoms with E-state index in [4.69, 9.17) is 10.5 Å². The number of amides is 1. The van der Waals surface area contributed by atoms with E-state index in [1.807, 2.05) is 30.3 Å². The van der Waals surface area contributed by atoms with Gasteiger partial charge in [0.2, 0.25) is 0 Å². The van der Waals surface area contributed by atoms with Gasteiger partial charge in [-0.2, -0.15) is 0 Å². The fraction of sp³-hybridized carbons (Fsp3) is 0.500. The van der Waals surface area contributed by atoms with Crippen LogP contribution in [0.5, 0.6) is 0 Å². The molecule has 2 atom stereocenters. The van der Waals surface area contributed by atoms with Crippen LogP contribution >= 0.6 is 0 Å². The zero-order valence-corrected chi connectivity index (χ0v) is 10.7. The molecular weight excluding hydrogens is 228 g/mol. The number of ether oxygens (including phenoxy) is 1. The van der Waals surface area contributed by atoms with Gasteiger partial charge in [0.15, 0.2) is 0 Å². The third-order valence-corrected chi connectivity index (χ3v) is 3.16. The van der Waals surface area contributed by atoms with Crippen LogP contribution in [-0.2, 0) is 11.3 Å². The summed E-state index contributed by atoms with van der Waals surface area (Å²) in [5, 5.41) is 0. The van der Waals surface area contributed by atoms with Crippen LogP contribution in [0.15, 0.2) is 30.3 Å². The van der Waals surface area contributed by atoms with E-state index < -0.39 is 0 Å². The topological polar surface area (TPSA) is 55.6 Å². The van der Waals surface area contributed by atoms with E-state index in [1.165, 1.54) is 0 Å². The molecule has 0 aromatic heterocycles. The molecule has 0 saturated carbocycles. The largest absolute Gasteiger partial charge is 0.445 e.